The number of allylic oxidation sites excluding steroid dienone is 1. The van der Waals surface area contributed by atoms with Gasteiger partial charge < -0.3 is 4.74 Å². The van der Waals surface area contributed by atoms with E-state index in [-0.39, 0.29) is 23.1 Å². The van der Waals surface area contributed by atoms with Crippen LogP contribution in [0.5, 0.6) is 0 Å². The van der Waals surface area contributed by atoms with E-state index in [2.05, 4.69) is 0 Å². The van der Waals surface area contributed by atoms with Gasteiger partial charge in [0, 0.05) is 5.92 Å². The van der Waals surface area contributed by atoms with Crippen molar-refractivity contribution in [2.45, 2.75) is 26.4 Å². The SMILES string of the molecule is CC1(C)C=CC(=O)[C@H]2OC(=O)C[C@H]21. The number of hydrogen-bond donors (Lipinski definition) is 0. The molecule has 0 spiro atoms. The van der Waals surface area contributed by atoms with E-state index in [0.29, 0.717) is 6.42 Å². The molecule has 1 fully saturated rings. The van der Waals surface area contributed by atoms with Crippen LogP contribution in [0.1, 0.15) is 20.3 Å². The standard InChI is InChI=1S/C10H12O3/c1-10(2)4-3-7(11)9-6(10)5-8(12)13-9/h3-4,6,9H,5H2,1-2H3/t6-,9+/m1/s1. The van der Waals surface area contributed by atoms with Gasteiger partial charge in [0.1, 0.15) is 0 Å². The number of carbonyl (C=O) groups is 2. The van der Waals surface area contributed by atoms with Crippen molar-refractivity contribution in [3.05, 3.63) is 12.2 Å². The highest BCUT2D eigenvalue weighted by molar-refractivity contribution is 5.98. The number of ketones is 1. The Morgan fingerprint density at radius 2 is 2.15 bits per heavy atom. The van der Waals surface area contributed by atoms with Gasteiger partial charge in [0.05, 0.1) is 6.42 Å². The molecule has 2 aliphatic rings. The van der Waals surface area contributed by atoms with Crippen LogP contribution in [0.25, 0.3) is 0 Å². The lowest BCUT2D eigenvalue weighted by Crippen LogP contribution is -2.38. The molecule has 0 saturated carbocycles. The molecule has 1 heterocycles. The lowest BCUT2D eigenvalue weighted by atomic mass is 9.71. The lowest BCUT2D eigenvalue weighted by molar-refractivity contribution is -0.146. The molecule has 0 aromatic rings. The zero-order valence-corrected chi connectivity index (χ0v) is 7.74. The molecule has 2 rings (SSSR count). The maximum atomic E-state index is 11.3. The molecule has 1 aliphatic carbocycles. The first-order chi connectivity index (χ1) is 6.00. The predicted octanol–water partition coefficient (Wildman–Crippen LogP) is 1.08. The number of fused-ring (bicyclic) bond motifs is 1. The Hall–Kier alpha value is -1.12. The fraction of sp³-hybridized carbons (Fsp3) is 0.600. The largest absolute Gasteiger partial charge is 0.454 e. The van der Waals surface area contributed by atoms with Crippen LogP contribution in [0.2, 0.25) is 0 Å². The summed E-state index contributed by atoms with van der Waals surface area (Å²) in [5, 5.41) is 0. The van der Waals surface area contributed by atoms with Crippen LogP contribution in [0.15, 0.2) is 12.2 Å². The van der Waals surface area contributed by atoms with Crippen LogP contribution < -0.4 is 0 Å². The summed E-state index contributed by atoms with van der Waals surface area (Å²) in [7, 11) is 0. The van der Waals surface area contributed by atoms with E-state index in [1.165, 1.54) is 6.08 Å². The maximum absolute atomic E-state index is 11.3. The Kier molecular flexibility index (Phi) is 1.59. The number of carbonyl (C=O) groups excluding carboxylic acids is 2. The van der Waals surface area contributed by atoms with Gasteiger partial charge in [-0.15, -0.1) is 0 Å². The van der Waals surface area contributed by atoms with Gasteiger partial charge in [0.2, 0.25) is 0 Å². The summed E-state index contributed by atoms with van der Waals surface area (Å²) in [6, 6.07) is 0. The third-order valence-electron chi connectivity index (χ3n) is 2.92. The Bertz CT molecular complexity index is 301. The van der Waals surface area contributed by atoms with E-state index in [9.17, 15) is 9.59 Å². The van der Waals surface area contributed by atoms with E-state index >= 15 is 0 Å². The van der Waals surface area contributed by atoms with E-state index in [4.69, 9.17) is 4.74 Å². The number of ether oxygens (including phenoxy) is 1. The summed E-state index contributed by atoms with van der Waals surface area (Å²) in [6.45, 7) is 4.05. The molecule has 0 N–H and O–H groups in total. The van der Waals surface area contributed by atoms with E-state index in [0.717, 1.165) is 0 Å². The van der Waals surface area contributed by atoms with Crippen molar-refractivity contribution in [3.63, 3.8) is 0 Å². The van der Waals surface area contributed by atoms with Gasteiger partial charge in [0.15, 0.2) is 11.9 Å². The minimum Gasteiger partial charge on any atom is -0.454 e. The molecule has 70 valence electrons. The second kappa shape index (κ2) is 2.44. The van der Waals surface area contributed by atoms with Crippen molar-refractivity contribution in [1.29, 1.82) is 0 Å². The van der Waals surface area contributed by atoms with Crippen molar-refractivity contribution in [2.75, 3.05) is 0 Å². The highest BCUT2D eigenvalue weighted by atomic mass is 16.6. The summed E-state index contributed by atoms with van der Waals surface area (Å²) >= 11 is 0. The number of rotatable bonds is 0. The normalized spacial score (nSPS) is 35.8. The van der Waals surface area contributed by atoms with Crippen LogP contribution >= 0.6 is 0 Å². The van der Waals surface area contributed by atoms with Gasteiger partial charge in [0.25, 0.3) is 0 Å². The third-order valence-corrected chi connectivity index (χ3v) is 2.92. The van der Waals surface area contributed by atoms with Crippen LogP contribution in [0.4, 0.5) is 0 Å². The fourth-order valence-corrected chi connectivity index (χ4v) is 1.98. The maximum Gasteiger partial charge on any atom is 0.306 e. The molecule has 1 aliphatic heterocycles. The summed E-state index contributed by atoms with van der Waals surface area (Å²) < 4.78 is 4.97. The smallest absolute Gasteiger partial charge is 0.306 e. The second-order valence-electron chi connectivity index (χ2n) is 4.28. The third kappa shape index (κ3) is 1.19. The molecule has 3 nitrogen and oxygen atoms in total. The molecule has 0 bridgehead atoms. The highest BCUT2D eigenvalue weighted by Gasteiger charge is 2.48. The molecule has 0 amide bonds. The molecule has 0 unspecified atom stereocenters. The fourth-order valence-electron chi connectivity index (χ4n) is 1.98. The van der Waals surface area contributed by atoms with Gasteiger partial charge >= 0.3 is 5.97 Å². The first kappa shape index (κ1) is 8.48. The van der Waals surface area contributed by atoms with Crippen molar-refractivity contribution >= 4 is 11.8 Å². The zero-order valence-electron chi connectivity index (χ0n) is 7.74. The van der Waals surface area contributed by atoms with Gasteiger partial charge in [-0.25, -0.2) is 0 Å². The zero-order chi connectivity index (χ0) is 9.64. The van der Waals surface area contributed by atoms with Crippen LogP contribution in [0, 0.1) is 11.3 Å². The van der Waals surface area contributed by atoms with Crippen LogP contribution in [-0.4, -0.2) is 17.9 Å². The van der Waals surface area contributed by atoms with Crippen molar-refractivity contribution < 1.29 is 14.3 Å². The number of hydrogen-bond acceptors (Lipinski definition) is 3. The molecular formula is C10H12O3. The summed E-state index contributed by atoms with van der Waals surface area (Å²) in [5.41, 5.74) is -0.106. The first-order valence-corrected chi connectivity index (χ1v) is 4.43. The Morgan fingerprint density at radius 1 is 1.46 bits per heavy atom. The minimum atomic E-state index is -0.521. The molecule has 0 aromatic carbocycles. The molecule has 2 atom stereocenters. The van der Waals surface area contributed by atoms with Gasteiger partial charge in [-0.1, -0.05) is 19.9 Å². The number of esters is 1. The molecule has 3 heteroatoms. The van der Waals surface area contributed by atoms with Crippen molar-refractivity contribution in [3.8, 4) is 0 Å². The van der Waals surface area contributed by atoms with Crippen molar-refractivity contribution in [2.24, 2.45) is 11.3 Å². The second-order valence-corrected chi connectivity index (χ2v) is 4.28. The predicted molar refractivity (Wildman–Crippen MR) is 45.9 cm³/mol. The quantitative estimate of drug-likeness (QED) is 0.524. The molecule has 0 aromatic heterocycles. The molecule has 13 heavy (non-hydrogen) atoms. The van der Waals surface area contributed by atoms with E-state index in [1.54, 1.807) is 0 Å². The Balaban J connectivity index is 2.37. The van der Waals surface area contributed by atoms with Crippen LogP contribution in [0.3, 0.4) is 0 Å². The highest BCUT2D eigenvalue weighted by Crippen LogP contribution is 2.42. The molecule has 1 saturated heterocycles. The Morgan fingerprint density at radius 3 is 2.77 bits per heavy atom. The lowest BCUT2D eigenvalue weighted by Gasteiger charge is -2.32. The monoisotopic (exact) mass is 180 g/mol. The first-order valence-electron chi connectivity index (χ1n) is 4.43. The summed E-state index contributed by atoms with van der Waals surface area (Å²) in [4.78, 5) is 22.4. The van der Waals surface area contributed by atoms with Crippen molar-refractivity contribution in [1.82, 2.24) is 0 Å². The van der Waals surface area contributed by atoms with Crippen LogP contribution in [-0.2, 0) is 14.3 Å². The summed E-state index contributed by atoms with van der Waals surface area (Å²) in [5.74, 6) is -0.298. The van der Waals surface area contributed by atoms with E-state index in [1.807, 2.05) is 19.9 Å². The van der Waals surface area contributed by atoms with E-state index < -0.39 is 6.10 Å². The van der Waals surface area contributed by atoms with Gasteiger partial charge in [-0.3, -0.25) is 9.59 Å². The molecule has 0 radical (unpaired) electrons. The average Bonchev–Trinajstić information content (AvgIpc) is 2.42. The minimum absolute atomic E-state index is 0.0255. The average molecular weight is 180 g/mol. The van der Waals surface area contributed by atoms with Gasteiger partial charge in [-0.2, -0.15) is 0 Å². The summed E-state index contributed by atoms with van der Waals surface area (Å²) in [6.07, 6.45) is 3.25. The Labute approximate surface area is 76.8 Å². The van der Waals surface area contributed by atoms with Gasteiger partial charge in [-0.05, 0) is 11.5 Å². The molecular weight excluding hydrogens is 168 g/mol. The topological polar surface area (TPSA) is 43.4 Å².